The molecule has 0 aliphatic carbocycles. The number of halogens is 4. The number of esters is 1. The molecule has 0 aliphatic rings. The maximum atomic E-state index is 12.2. The maximum Gasteiger partial charge on any atom is 0.574 e. The first-order valence-corrected chi connectivity index (χ1v) is 6.12. The molecule has 0 atom stereocenters. The van der Waals surface area contributed by atoms with Crippen molar-refractivity contribution in [2.75, 3.05) is 6.61 Å². The highest BCUT2D eigenvalue weighted by molar-refractivity contribution is 9.08. The molecule has 0 saturated carbocycles. The molecule has 0 aromatic carbocycles. The number of hydrogen-bond donors (Lipinski definition) is 1. The van der Waals surface area contributed by atoms with Crippen LogP contribution in [-0.2, 0) is 10.1 Å². The van der Waals surface area contributed by atoms with E-state index in [9.17, 15) is 23.1 Å². The number of aromatic hydroxyl groups is 1. The van der Waals surface area contributed by atoms with E-state index in [1.807, 2.05) is 0 Å². The van der Waals surface area contributed by atoms with Crippen LogP contribution in [-0.4, -0.2) is 29.0 Å². The molecule has 1 rings (SSSR count). The van der Waals surface area contributed by atoms with Gasteiger partial charge in [0.2, 0.25) is 5.88 Å². The van der Waals surface area contributed by atoms with E-state index in [0.717, 1.165) is 6.07 Å². The summed E-state index contributed by atoms with van der Waals surface area (Å²) in [5, 5.41) is 9.48. The number of carbonyl (C=O) groups excluding carboxylic acids is 1. The number of aromatic nitrogens is 1. The molecule has 0 unspecified atom stereocenters. The highest BCUT2D eigenvalue weighted by atomic mass is 79.9. The molecule has 0 bridgehead atoms. The van der Waals surface area contributed by atoms with Gasteiger partial charge in [-0.05, 0) is 13.0 Å². The second-order valence-corrected chi connectivity index (χ2v) is 3.78. The highest BCUT2D eigenvalue weighted by Crippen LogP contribution is 2.30. The second-order valence-electron chi connectivity index (χ2n) is 3.22. The predicted molar refractivity (Wildman–Crippen MR) is 61.2 cm³/mol. The Morgan fingerprint density at radius 2 is 2.16 bits per heavy atom. The number of ether oxygens (including phenoxy) is 2. The lowest BCUT2D eigenvalue weighted by atomic mass is 10.2. The molecule has 0 spiro atoms. The maximum absolute atomic E-state index is 12.2. The zero-order valence-corrected chi connectivity index (χ0v) is 11.2. The Morgan fingerprint density at radius 1 is 1.53 bits per heavy atom. The Balaban J connectivity index is 3.21. The Labute approximate surface area is 114 Å². The number of carbonyl (C=O) groups is 1. The molecule has 1 heterocycles. The molecule has 19 heavy (non-hydrogen) atoms. The molecular formula is C10H9BrF3NO4. The van der Waals surface area contributed by atoms with Crippen molar-refractivity contribution < 1.29 is 32.5 Å². The summed E-state index contributed by atoms with van der Waals surface area (Å²) in [5.74, 6) is -2.43. The Bertz CT molecular complexity index is 479. The van der Waals surface area contributed by atoms with Gasteiger partial charge in [-0.1, -0.05) is 15.9 Å². The fourth-order valence-electron chi connectivity index (χ4n) is 1.17. The van der Waals surface area contributed by atoms with E-state index in [0.29, 0.717) is 0 Å². The Morgan fingerprint density at radius 3 is 2.63 bits per heavy atom. The van der Waals surface area contributed by atoms with Gasteiger partial charge >= 0.3 is 12.3 Å². The van der Waals surface area contributed by atoms with Gasteiger partial charge in [0, 0.05) is 10.9 Å². The van der Waals surface area contributed by atoms with Crippen molar-refractivity contribution in [2.45, 2.75) is 18.6 Å². The third-order valence-electron chi connectivity index (χ3n) is 1.87. The van der Waals surface area contributed by atoms with Gasteiger partial charge in [-0.3, -0.25) is 0 Å². The molecule has 106 valence electrons. The third kappa shape index (κ3) is 4.27. The van der Waals surface area contributed by atoms with E-state index in [1.54, 1.807) is 0 Å². The van der Waals surface area contributed by atoms with Gasteiger partial charge in [0.25, 0.3) is 0 Å². The monoisotopic (exact) mass is 343 g/mol. The smallest absolute Gasteiger partial charge is 0.505 e. The molecule has 0 radical (unpaired) electrons. The quantitative estimate of drug-likeness (QED) is 0.672. The van der Waals surface area contributed by atoms with Gasteiger partial charge < -0.3 is 14.6 Å². The van der Waals surface area contributed by atoms with E-state index in [4.69, 9.17) is 0 Å². The average molecular weight is 344 g/mol. The van der Waals surface area contributed by atoms with Crippen molar-refractivity contribution in [1.82, 2.24) is 4.98 Å². The minimum Gasteiger partial charge on any atom is -0.505 e. The number of alkyl halides is 4. The fourth-order valence-corrected chi connectivity index (χ4v) is 1.57. The van der Waals surface area contributed by atoms with Crippen molar-refractivity contribution in [3.8, 4) is 11.6 Å². The van der Waals surface area contributed by atoms with E-state index >= 15 is 0 Å². The van der Waals surface area contributed by atoms with Crippen LogP contribution in [0.2, 0.25) is 0 Å². The van der Waals surface area contributed by atoms with Crippen LogP contribution in [0.3, 0.4) is 0 Å². The zero-order valence-electron chi connectivity index (χ0n) is 9.62. The first kappa shape index (κ1) is 15.5. The first-order valence-electron chi connectivity index (χ1n) is 5.00. The summed E-state index contributed by atoms with van der Waals surface area (Å²) in [4.78, 5) is 14.7. The molecule has 1 N–H and O–H groups in total. The SMILES string of the molecule is CCOC(=O)c1nc(OC(F)(F)F)c(CBr)cc1O. The third-order valence-corrected chi connectivity index (χ3v) is 2.47. The largest absolute Gasteiger partial charge is 0.574 e. The van der Waals surface area contributed by atoms with Gasteiger partial charge in [-0.25, -0.2) is 9.78 Å². The molecule has 1 aromatic rings. The summed E-state index contributed by atoms with van der Waals surface area (Å²) in [5.41, 5.74) is -0.686. The van der Waals surface area contributed by atoms with Gasteiger partial charge in [-0.15, -0.1) is 13.2 Å². The van der Waals surface area contributed by atoms with Crippen LogP contribution in [0.15, 0.2) is 6.07 Å². The van der Waals surface area contributed by atoms with Gasteiger partial charge in [0.1, 0.15) is 5.75 Å². The average Bonchev–Trinajstić information content (AvgIpc) is 2.29. The lowest BCUT2D eigenvalue weighted by Crippen LogP contribution is -2.20. The van der Waals surface area contributed by atoms with Crippen LogP contribution < -0.4 is 4.74 Å². The van der Waals surface area contributed by atoms with Crippen molar-refractivity contribution in [1.29, 1.82) is 0 Å². The minimum absolute atomic E-state index is 0.00435. The van der Waals surface area contributed by atoms with Gasteiger partial charge in [0.15, 0.2) is 5.69 Å². The van der Waals surface area contributed by atoms with E-state index in [-0.39, 0.29) is 17.5 Å². The highest BCUT2D eigenvalue weighted by Gasteiger charge is 2.34. The summed E-state index contributed by atoms with van der Waals surface area (Å²) in [6.07, 6.45) is -4.95. The molecule has 0 amide bonds. The normalized spacial score (nSPS) is 11.2. The van der Waals surface area contributed by atoms with Crippen LogP contribution in [0.5, 0.6) is 11.6 Å². The van der Waals surface area contributed by atoms with Crippen LogP contribution in [0, 0.1) is 0 Å². The zero-order chi connectivity index (χ0) is 14.6. The Kier molecular flexibility index (Phi) is 4.98. The molecule has 5 nitrogen and oxygen atoms in total. The molecule has 0 saturated heterocycles. The Hall–Kier alpha value is -1.51. The van der Waals surface area contributed by atoms with Crippen LogP contribution in [0.1, 0.15) is 23.0 Å². The van der Waals surface area contributed by atoms with Crippen LogP contribution >= 0.6 is 15.9 Å². The fraction of sp³-hybridized carbons (Fsp3) is 0.400. The summed E-state index contributed by atoms with van der Waals surface area (Å²) >= 11 is 2.93. The molecule has 9 heteroatoms. The predicted octanol–water partition coefficient (Wildman–Crippen LogP) is 2.76. The summed E-state index contributed by atoms with van der Waals surface area (Å²) in [6.45, 7) is 1.50. The summed E-state index contributed by atoms with van der Waals surface area (Å²) < 4.78 is 44.8. The minimum atomic E-state index is -4.95. The molecular weight excluding hydrogens is 335 g/mol. The number of hydrogen-bond acceptors (Lipinski definition) is 5. The van der Waals surface area contributed by atoms with Crippen molar-refractivity contribution in [3.05, 3.63) is 17.3 Å². The number of pyridine rings is 1. The lowest BCUT2D eigenvalue weighted by molar-refractivity contribution is -0.276. The van der Waals surface area contributed by atoms with Crippen LogP contribution in [0.25, 0.3) is 0 Å². The van der Waals surface area contributed by atoms with Crippen molar-refractivity contribution in [2.24, 2.45) is 0 Å². The summed E-state index contributed by atoms with van der Waals surface area (Å²) in [6, 6.07) is 0.953. The van der Waals surface area contributed by atoms with Crippen LogP contribution in [0.4, 0.5) is 13.2 Å². The summed E-state index contributed by atoms with van der Waals surface area (Å²) in [7, 11) is 0. The standard InChI is InChI=1S/C10H9BrF3NO4/c1-2-18-9(17)7-6(16)3-5(4-11)8(15-7)19-10(12,13)14/h3,16H,2,4H2,1H3. The van der Waals surface area contributed by atoms with Gasteiger partial charge in [-0.2, -0.15) is 0 Å². The first-order chi connectivity index (χ1) is 8.78. The van der Waals surface area contributed by atoms with E-state index in [1.165, 1.54) is 6.92 Å². The molecule has 0 fully saturated rings. The topological polar surface area (TPSA) is 68.7 Å². The molecule has 1 aromatic heterocycles. The van der Waals surface area contributed by atoms with Crippen molar-refractivity contribution >= 4 is 21.9 Å². The van der Waals surface area contributed by atoms with E-state index < -0.39 is 29.7 Å². The number of rotatable bonds is 4. The molecule has 0 aliphatic heterocycles. The van der Waals surface area contributed by atoms with Gasteiger partial charge in [0.05, 0.1) is 6.61 Å². The second kappa shape index (κ2) is 6.09. The van der Waals surface area contributed by atoms with E-state index in [2.05, 4.69) is 30.4 Å². The van der Waals surface area contributed by atoms with Crippen molar-refractivity contribution in [3.63, 3.8) is 0 Å². The number of nitrogens with zero attached hydrogens (tertiary/aromatic N) is 1. The lowest BCUT2D eigenvalue weighted by Gasteiger charge is -2.13.